The van der Waals surface area contributed by atoms with E-state index in [2.05, 4.69) is 10.2 Å². The molecule has 0 radical (unpaired) electrons. The number of rotatable bonds is 4. The van der Waals surface area contributed by atoms with Crippen LogP contribution in [0.3, 0.4) is 0 Å². The van der Waals surface area contributed by atoms with E-state index in [-0.39, 0.29) is 30.1 Å². The molecular weight excluding hydrogens is 398 g/mol. The first-order chi connectivity index (χ1) is 13.5. The van der Waals surface area contributed by atoms with Crippen molar-refractivity contribution in [1.82, 2.24) is 10.2 Å². The Bertz CT molecular complexity index is 753. The van der Waals surface area contributed by atoms with Crippen LogP contribution in [-0.4, -0.2) is 36.0 Å². The van der Waals surface area contributed by atoms with E-state index in [1.807, 2.05) is 0 Å². The number of carbonyl (C=O) groups is 1. The van der Waals surface area contributed by atoms with Crippen LogP contribution in [0.4, 0.5) is 26.3 Å². The van der Waals surface area contributed by atoms with E-state index in [0.717, 1.165) is 38.8 Å². The van der Waals surface area contributed by atoms with Crippen molar-refractivity contribution in [3.05, 3.63) is 34.4 Å². The molecule has 2 fully saturated rings. The Kier molecular flexibility index (Phi) is 6.17. The number of hydrogen-bond acceptors (Lipinski definition) is 2. The molecule has 162 valence electrons. The fourth-order valence-electron chi connectivity index (χ4n) is 4.50. The molecule has 2 aliphatic rings. The third kappa shape index (κ3) is 4.70. The SMILES string of the molecule is CCc1cc(C(F)(F)F)cc(C(F)(F)F)c1C(=O)NC1CCCC1N1CCCC1. The molecule has 1 saturated carbocycles. The average Bonchev–Trinajstić information content (AvgIpc) is 3.30. The number of nitrogens with zero attached hydrogens (tertiary/aromatic N) is 1. The molecule has 2 atom stereocenters. The molecule has 1 N–H and O–H groups in total. The molecule has 1 amide bonds. The van der Waals surface area contributed by atoms with Gasteiger partial charge in [-0.25, -0.2) is 0 Å². The van der Waals surface area contributed by atoms with Crippen molar-refractivity contribution in [2.45, 2.75) is 69.9 Å². The van der Waals surface area contributed by atoms with Crippen molar-refractivity contribution >= 4 is 5.91 Å². The minimum absolute atomic E-state index is 0.0423. The highest BCUT2D eigenvalue weighted by atomic mass is 19.4. The highest BCUT2D eigenvalue weighted by Gasteiger charge is 2.42. The zero-order chi connectivity index (χ0) is 21.4. The Balaban J connectivity index is 1.94. The lowest BCUT2D eigenvalue weighted by Gasteiger charge is -2.30. The Morgan fingerprint density at radius 1 is 1.03 bits per heavy atom. The van der Waals surface area contributed by atoms with Gasteiger partial charge in [-0.2, -0.15) is 26.3 Å². The molecule has 3 rings (SSSR count). The Morgan fingerprint density at radius 3 is 2.24 bits per heavy atom. The molecular formula is C20H24F6N2O. The normalized spacial score (nSPS) is 23.6. The van der Waals surface area contributed by atoms with E-state index in [4.69, 9.17) is 0 Å². The van der Waals surface area contributed by atoms with Crippen molar-refractivity contribution < 1.29 is 31.1 Å². The van der Waals surface area contributed by atoms with Gasteiger partial charge < -0.3 is 5.32 Å². The molecule has 1 aromatic rings. The van der Waals surface area contributed by atoms with E-state index >= 15 is 0 Å². The van der Waals surface area contributed by atoms with Gasteiger partial charge in [-0.3, -0.25) is 9.69 Å². The lowest BCUT2D eigenvalue weighted by atomic mass is 9.94. The molecule has 3 nitrogen and oxygen atoms in total. The van der Waals surface area contributed by atoms with Crippen LogP contribution < -0.4 is 5.32 Å². The molecule has 1 aliphatic carbocycles. The van der Waals surface area contributed by atoms with Gasteiger partial charge in [-0.05, 0) is 69.3 Å². The number of alkyl halides is 6. The van der Waals surface area contributed by atoms with Crippen LogP contribution in [0.2, 0.25) is 0 Å². The fourth-order valence-corrected chi connectivity index (χ4v) is 4.50. The van der Waals surface area contributed by atoms with Gasteiger partial charge >= 0.3 is 12.4 Å². The lowest BCUT2D eigenvalue weighted by molar-refractivity contribution is -0.143. The molecule has 1 saturated heterocycles. The zero-order valence-electron chi connectivity index (χ0n) is 16.1. The highest BCUT2D eigenvalue weighted by molar-refractivity contribution is 5.97. The molecule has 29 heavy (non-hydrogen) atoms. The van der Waals surface area contributed by atoms with Crippen LogP contribution in [0, 0.1) is 0 Å². The van der Waals surface area contributed by atoms with Crippen molar-refractivity contribution in [2.24, 2.45) is 0 Å². The maximum atomic E-state index is 13.6. The molecule has 0 aromatic heterocycles. The number of hydrogen-bond donors (Lipinski definition) is 1. The van der Waals surface area contributed by atoms with E-state index in [1.165, 1.54) is 6.92 Å². The van der Waals surface area contributed by atoms with Gasteiger partial charge in [-0.15, -0.1) is 0 Å². The number of amides is 1. The summed E-state index contributed by atoms with van der Waals surface area (Å²) in [4.78, 5) is 15.1. The van der Waals surface area contributed by atoms with Crippen LogP contribution in [0.25, 0.3) is 0 Å². The van der Waals surface area contributed by atoms with E-state index < -0.39 is 35.0 Å². The van der Waals surface area contributed by atoms with Gasteiger partial charge in [0.25, 0.3) is 5.91 Å². The second-order valence-electron chi connectivity index (χ2n) is 7.73. The van der Waals surface area contributed by atoms with E-state index in [9.17, 15) is 31.1 Å². The summed E-state index contributed by atoms with van der Waals surface area (Å²) in [5.41, 5.74) is -3.87. The summed E-state index contributed by atoms with van der Waals surface area (Å²) < 4.78 is 80.0. The van der Waals surface area contributed by atoms with Gasteiger partial charge in [0, 0.05) is 12.1 Å². The quantitative estimate of drug-likeness (QED) is 0.690. The average molecular weight is 422 g/mol. The summed E-state index contributed by atoms with van der Waals surface area (Å²) in [5, 5.41) is 2.71. The lowest BCUT2D eigenvalue weighted by Crippen LogP contribution is -2.48. The second kappa shape index (κ2) is 8.16. The third-order valence-electron chi connectivity index (χ3n) is 5.87. The van der Waals surface area contributed by atoms with Crippen molar-refractivity contribution in [3.63, 3.8) is 0 Å². The standard InChI is InChI=1S/C20H24F6N2O/c1-2-12-10-13(19(21,22)23)11-14(20(24,25)26)17(12)18(29)27-15-6-5-7-16(15)28-8-3-4-9-28/h10-11,15-16H,2-9H2,1H3,(H,27,29). The van der Waals surface area contributed by atoms with Crippen LogP contribution in [-0.2, 0) is 18.8 Å². The Hall–Kier alpha value is -1.77. The van der Waals surface area contributed by atoms with Crippen molar-refractivity contribution in [1.29, 1.82) is 0 Å². The van der Waals surface area contributed by atoms with Gasteiger partial charge in [0.15, 0.2) is 0 Å². The zero-order valence-corrected chi connectivity index (χ0v) is 16.1. The summed E-state index contributed by atoms with van der Waals surface area (Å²) in [7, 11) is 0. The van der Waals surface area contributed by atoms with Gasteiger partial charge in [0.05, 0.1) is 16.7 Å². The number of carbonyl (C=O) groups excluding carboxylic acids is 1. The minimum Gasteiger partial charge on any atom is -0.348 e. The molecule has 1 heterocycles. The largest absolute Gasteiger partial charge is 0.417 e. The van der Waals surface area contributed by atoms with Crippen LogP contribution in [0.5, 0.6) is 0 Å². The summed E-state index contributed by atoms with van der Waals surface area (Å²) in [6.07, 6.45) is -5.65. The summed E-state index contributed by atoms with van der Waals surface area (Å²) in [6, 6.07) is 0.459. The Morgan fingerprint density at radius 2 is 1.69 bits per heavy atom. The second-order valence-corrected chi connectivity index (χ2v) is 7.73. The predicted molar refractivity (Wildman–Crippen MR) is 95.5 cm³/mol. The molecule has 1 aromatic carbocycles. The third-order valence-corrected chi connectivity index (χ3v) is 5.87. The van der Waals surface area contributed by atoms with Crippen LogP contribution in [0.15, 0.2) is 12.1 Å². The number of halogens is 6. The molecule has 0 spiro atoms. The first-order valence-electron chi connectivity index (χ1n) is 9.88. The van der Waals surface area contributed by atoms with E-state index in [0.29, 0.717) is 12.5 Å². The van der Waals surface area contributed by atoms with Gasteiger partial charge in [0.1, 0.15) is 0 Å². The monoisotopic (exact) mass is 422 g/mol. The molecule has 2 unspecified atom stereocenters. The topological polar surface area (TPSA) is 32.3 Å². The van der Waals surface area contributed by atoms with Crippen LogP contribution in [0.1, 0.15) is 66.1 Å². The highest BCUT2D eigenvalue weighted by Crippen LogP contribution is 2.39. The summed E-state index contributed by atoms with van der Waals surface area (Å²) in [6.45, 7) is 3.23. The predicted octanol–water partition coefficient (Wildman–Crippen LogP) is 5.03. The number of benzene rings is 1. The fraction of sp³-hybridized carbons (Fsp3) is 0.650. The summed E-state index contributed by atoms with van der Waals surface area (Å²) in [5.74, 6) is -0.945. The number of likely N-dealkylation sites (tertiary alicyclic amines) is 1. The minimum atomic E-state index is -5.07. The van der Waals surface area contributed by atoms with Gasteiger partial charge in [0.2, 0.25) is 0 Å². The van der Waals surface area contributed by atoms with Crippen LogP contribution >= 0.6 is 0 Å². The smallest absolute Gasteiger partial charge is 0.348 e. The molecule has 9 heteroatoms. The molecule has 1 aliphatic heterocycles. The number of aryl methyl sites for hydroxylation is 1. The Labute approximate surface area is 165 Å². The number of nitrogens with one attached hydrogen (secondary N) is 1. The van der Waals surface area contributed by atoms with Crippen molar-refractivity contribution in [3.8, 4) is 0 Å². The maximum absolute atomic E-state index is 13.6. The summed E-state index contributed by atoms with van der Waals surface area (Å²) >= 11 is 0. The van der Waals surface area contributed by atoms with Gasteiger partial charge in [-0.1, -0.05) is 6.92 Å². The first-order valence-corrected chi connectivity index (χ1v) is 9.88. The molecule has 0 bridgehead atoms. The first kappa shape index (κ1) is 21.9. The van der Waals surface area contributed by atoms with Crippen molar-refractivity contribution in [2.75, 3.05) is 13.1 Å². The van der Waals surface area contributed by atoms with E-state index in [1.54, 1.807) is 0 Å². The maximum Gasteiger partial charge on any atom is 0.417 e.